The molecule has 1 fully saturated rings. The van der Waals surface area contributed by atoms with E-state index in [9.17, 15) is 18.9 Å². The Balaban J connectivity index is 2.03. The van der Waals surface area contributed by atoms with Gasteiger partial charge >= 0.3 is 12.3 Å². The van der Waals surface area contributed by atoms with E-state index in [-0.39, 0.29) is 0 Å². The van der Waals surface area contributed by atoms with Crippen molar-refractivity contribution in [1.29, 1.82) is 0 Å². The van der Waals surface area contributed by atoms with Gasteiger partial charge in [-0.15, -0.1) is 0 Å². The lowest BCUT2D eigenvalue weighted by molar-refractivity contribution is -0.386. The molecule has 0 aromatic heterocycles. The van der Waals surface area contributed by atoms with Crippen molar-refractivity contribution in [2.45, 2.75) is 6.61 Å². The zero-order chi connectivity index (χ0) is 16.8. The molecule has 23 heavy (non-hydrogen) atoms. The Morgan fingerprint density at radius 3 is 2.74 bits per heavy atom. The number of nitrogens with zero attached hydrogens (tertiary/aromatic N) is 3. The fourth-order valence-electron chi connectivity index (χ4n) is 2.33. The van der Waals surface area contributed by atoms with Crippen LogP contribution < -0.4 is 9.64 Å². The van der Waals surface area contributed by atoms with Gasteiger partial charge in [-0.05, 0) is 6.07 Å². The van der Waals surface area contributed by atoms with Crippen LogP contribution in [-0.4, -0.2) is 62.9 Å². The molecule has 1 aliphatic heterocycles. The van der Waals surface area contributed by atoms with Crippen molar-refractivity contribution in [3.63, 3.8) is 0 Å². The Kier molecular flexibility index (Phi) is 6.05. The van der Waals surface area contributed by atoms with Crippen molar-refractivity contribution < 1.29 is 23.2 Å². The highest BCUT2D eigenvalue weighted by Gasteiger charge is 2.20. The summed E-state index contributed by atoms with van der Waals surface area (Å²) in [5.74, 6) is -0.430. The molecule has 0 saturated carbocycles. The molecule has 0 unspecified atom stereocenters. The monoisotopic (exact) mass is 331 g/mol. The van der Waals surface area contributed by atoms with Crippen LogP contribution in [0.3, 0.4) is 0 Å². The first-order valence-corrected chi connectivity index (χ1v) is 7.22. The first-order valence-electron chi connectivity index (χ1n) is 7.22. The van der Waals surface area contributed by atoms with E-state index in [0.29, 0.717) is 25.4 Å². The Labute approximate surface area is 132 Å². The van der Waals surface area contributed by atoms with Gasteiger partial charge in [0.15, 0.2) is 0 Å². The average Bonchev–Trinajstić information content (AvgIpc) is 2.52. The third kappa shape index (κ3) is 5.00. The van der Waals surface area contributed by atoms with Crippen LogP contribution in [0.15, 0.2) is 18.2 Å². The van der Waals surface area contributed by atoms with Gasteiger partial charge < -0.3 is 14.4 Å². The minimum absolute atomic E-state index is 0.430. The number of hydrogen-bond acceptors (Lipinski definition) is 6. The maximum absolute atomic E-state index is 12.4. The Morgan fingerprint density at radius 1 is 1.43 bits per heavy atom. The molecule has 1 aromatic carbocycles. The number of likely N-dealkylation sites (N-methyl/N-ethyl adjacent to an activating group) is 1. The molecular formula is C14H19F2N3O4. The summed E-state index contributed by atoms with van der Waals surface area (Å²) in [5.41, 5.74) is 0.107. The van der Waals surface area contributed by atoms with E-state index in [2.05, 4.69) is 9.64 Å². The number of halogens is 2. The topological polar surface area (TPSA) is 68.1 Å². The molecule has 0 atom stereocenters. The molecule has 1 saturated heterocycles. The summed E-state index contributed by atoms with van der Waals surface area (Å²) in [6.07, 6.45) is 0. The second-order valence-electron chi connectivity index (χ2n) is 5.16. The highest BCUT2D eigenvalue weighted by Crippen LogP contribution is 2.32. The number of benzene rings is 1. The van der Waals surface area contributed by atoms with Gasteiger partial charge in [-0.3, -0.25) is 15.0 Å². The van der Waals surface area contributed by atoms with E-state index in [1.807, 2.05) is 4.90 Å². The van der Waals surface area contributed by atoms with Crippen LogP contribution in [0.2, 0.25) is 0 Å². The van der Waals surface area contributed by atoms with Crippen LogP contribution in [0, 0.1) is 10.1 Å². The van der Waals surface area contributed by atoms with E-state index in [4.69, 9.17) is 4.74 Å². The predicted molar refractivity (Wildman–Crippen MR) is 80.3 cm³/mol. The molecule has 0 N–H and O–H groups in total. The molecule has 2 rings (SSSR count). The summed E-state index contributed by atoms with van der Waals surface area (Å²) >= 11 is 0. The maximum Gasteiger partial charge on any atom is 0.387 e. The zero-order valence-electron chi connectivity index (χ0n) is 12.8. The van der Waals surface area contributed by atoms with Crippen LogP contribution >= 0.6 is 0 Å². The van der Waals surface area contributed by atoms with Crippen LogP contribution in [0.25, 0.3) is 0 Å². The van der Waals surface area contributed by atoms with Gasteiger partial charge in [0.25, 0.3) is 0 Å². The number of rotatable bonds is 7. The van der Waals surface area contributed by atoms with E-state index in [1.165, 1.54) is 18.2 Å². The summed E-state index contributed by atoms with van der Waals surface area (Å²) in [7, 11) is 1.80. The average molecular weight is 331 g/mol. The van der Waals surface area contributed by atoms with Crippen LogP contribution in [-0.2, 0) is 4.74 Å². The largest absolute Gasteiger partial charge is 0.427 e. The number of anilines is 1. The molecule has 0 amide bonds. The Hall–Kier alpha value is -2.00. The molecular weight excluding hydrogens is 312 g/mol. The third-order valence-electron chi connectivity index (χ3n) is 3.65. The molecule has 7 nitrogen and oxygen atoms in total. The van der Waals surface area contributed by atoms with Gasteiger partial charge in [-0.25, -0.2) is 0 Å². The standard InChI is InChI=1S/C14H19F2N3O4/c1-17(4-5-18-6-8-22-9-7-18)11-2-3-12(19(20)21)13(10-11)23-14(15)16/h2-3,10,14H,4-9H2,1H3. The molecule has 0 spiro atoms. The van der Waals surface area contributed by atoms with Crippen molar-refractivity contribution in [1.82, 2.24) is 4.90 Å². The molecule has 0 radical (unpaired) electrons. The molecule has 128 valence electrons. The summed E-state index contributed by atoms with van der Waals surface area (Å²) in [6, 6.07) is 3.97. The predicted octanol–water partition coefficient (Wildman–Crippen LogP) is 1.96. The lowest BCUT2D eigenvalue weighted by Crippen LogP contribution is -2.40. The van der Waals surface area contributed by atoms with Crippen molar-refractivity contribution in [2.24, 2.45) is 0 Å². The minimum atomic E-state index is -3.11. The highest BCUT2D eigenvalue weighted by atomic mass is 19.3. The van der Waals surface area contributed by atoms with Crippen LogP contribution in [0.4, 0.5) is 20.2 Å². The second kappa shape index (κ2) is 8.02. The molecule has 1 aliphatic rings. The van der Waals surface area contributed by atoms with Crippen LogP contribution in [0.5, 0.6) is 5.75 Å². The number of alkyl halides is 2. The number of morpholine rings is 1. The maximum atomic E-state index is 12.4. The molecule has 0 aliphatic carbocycles. The Bertz CT molecular complexity index is 539. The van der Waals surface area contributed by atoms with Gasteiger partial charge in [0.05, 0.1) is 18.1 Å². The number of ether oxygens (including phenoxy) is 2. The molecule has 0 bridgehead atoms. The van der Waals surface area contributed by atoms with Gasteiger partial charge in [0, 0.05) is 51.0 Å². The lowest BCUT2D eigenvalue weighted by Gasteiger charge is -2.29. The lowest BCUT2D eigenvalue weighted by atomic mass is 10.2. The van der Waals surface area contributed by atoms with Gasteiger partial charge in [0.2, 0.25) is 5.75 Å². The number of hydrogen-bond donors (Lipinski definition) is 0. The zero-order valence-corrected chi connectivity index (χ0v) is 12.8. The van der Waals surface area contributed by atoms with Crippen molar-refractivity contribution >= 4 is 11.4 Å². The Morgan fingerprint density at radius 2 is 2.13 bits per heavy atom. The van der Waals surface area contributed by atoms with Crippen LogP contribution in [0.1, 0.15) is 0 Å². The second-order valence-corrected chi connectivity index (χ2v) is 5.16. The summed E-state index contributed by atoms with van der Waals surface area (Å²) < 4.78 is 34.4. The first-order chi connectivity index (χ1) is 11.0. The van der Waals surface area contributed by atoms with Gasteiger partial charge in [0.1, 0.15) is 0 Å². The van der Waals surface area contributed by atoms with E-state index in [1.54, 1.807) is 7.05 Å². The van der Waals surface area contributed by atoms with Gasteiger partial charge in [-0.2, -0.15) is 8.78 Å². The molecule has 1 aromatic rings. The third-order valence-corrected chi connectivity index (χ3v) is 3.65. The summed E-state index contributed by atoms with van der Waals surface area (Å²) in [6.45, 7) is 1.46. The molecule has 9 heteroatoms. The van der Waals surface area contributed by atoms with E-state index < -0.39 is 23.0 Å². The van der Waals surface area contributed by atoms with Crippen molar-refractivity contribution in [2.75, 3.05) is 51.3 Å². The van der Waals surface area contributed by atoms with E-state index in [0.717, 1.165) is 19.6 Å². The fraction of sp³-hybridized carbons (Fsp3) is 0.571. The summed E-state index contributed by atoms with van der Waals surface area (Å²) in [5, 5.41) is 10.9. The van der Waals surface area contributed by atoms with Crippen molar-refractivity contribution in [3.05, 3.63) is 28.3 Å². The molecule has 1 heterocycles. The highest BCUT2D eigenvalue weighted by molar-refractivity contribution is 5.59. The number of nitro benzene ring substituents is 1. The van der Waals surface area contributed by atoms with Gasteiger partial charge in [-0.1, -0.05) is 0 Å². The summed E-state index contributed by atoms with van der Waals surface area (Å²) in [4.78, 5) is 14.2. The first kappa shape index (κ1) is 17.4. The van der Waals surface area contributed by atoms with E-state index >= 15 is 0 Å². The SMILES string of the molecule is CN(CCN1CCOCC1)c1ccc([N+](=O)[O-])c(OC(F)F)c1. The fourth-order valence-corrected chi connectivity index (χ4v) is 2.33. The quantitative estimate of drug-likeness (QED) is 0.562. The normalized spacial score (nSPS) is 15.7. The minimum Gasteiger partial charge on any atom is -0.427 e. The smallest absolute Gasteiger partial charge is 0.387 e. The van der Waals surface area contributed by atoms with Crippen molar-refractivity contribution in [3.8, 4) is 5.75 Å². The number of nitro groups is 1.